The largest absolute Gasteiger partial charge is 0.322 e. The van der Waals surface area contributed by atoms with Crippen LogP contribution in [0.2, 0.25) is 0 Å². The standard InChI is InChI=1S/C28H28N2O3/c1-19(2)22-13-15-23(16-14-22)30-26(31)17-25(28(30)33)29(18-21-10-5-4-6-11-21)27(32)24-12-8-7-9-20(24)3/h4-16,19,25H,17-18H2,1-3H3. The van der Waals surface area contributed by atoms with Gasteiger partial charge in [-0.1, -0.05) is 74.5 Å². The highest BCUT2D eigenvalue weighted by Crippen LogP contribution is 2.29. The topological polar surface area (TPSA) is 57.7 Å². The number of anilines is 1. The van der Waals surface area contributed by atoms with Gasteiger partial charge in [-0.2, -0.15) is 0 Å². The lowest BCUT2D eigenvalue weighted by Gasteiger charge is -2.28. The lowest BCUT2D eigenvalue weighted by molar-refractivity contribution is -0.122. The third-order valence-corrected chi connectivity index (χ3v) is 6.15. The Morgan fingerprint density at radius 3 is 2.21 bits per heavy atom. The molecular formula is C28H28N2O3. The van der Waals surface area contributed by atoms with E-state index in [1.807, 2.05) is 67.6 Å². The van der Waals surface area contributed by atoms with Crippen LogP contribution in [-0.2, 0) is 16.1 Å². The number of benzene rings is 3. The summed E-state index contributed by atoms with van der Waals surface area (Å²) in [6, 6.07) is 23.5. The summed E-state index contributed by atoms with van der Waals surface area (Å²) < 4.78 is 0. The van der Waals surface area contributed by atoms with Gasteiger partial charge in [0.2, 0.25) is 5.91 Å². The van der Waals surface area contributed by atoms with Crippen LogP contribution in [0.15, 0.2) is 78.9 Å². The summed E-state index contributed by atoms with van der Waals surface area (Å²) in [7, 11) is 0. The Kier molecular flexibility index (Phi) is 6.40. The monoisotopic (exact) mass is 440 g/mol. The third kappa shape index (κ3) is 4.58. The number of rotatable bonds is 6. The maximum atomic E-state index is 13.6. The molecular weight excluding hydrogens is 412 g/mol. The summed E-state index contributed by atoms with van der Waals surface area (Å²) in [6.45, 7) is 6.31. The predicted molar refractivity (Wildman–Crippen MR) is 129 cm³/mol. The second-order valence-corrected chi connectivity index (χ2v) is 8.77. The van der Waals surface area contributed by atoms with Gasteiger partial charge in [-0.25, -0.2) is 4.90 Å². The van der Waals surface area contributed by atoms with Crippen LogP contribution in [0, 0.1) is 6.92 Å². The average Bonchev–Trinajstić information content (AvgIpc) is 3.11. The van der Waals surface area contributed by atoms with Gasteiger partial charge in [-0.05, 0) is 47.7 Å². The van der Waals surface area contributed by atoms with Crippen molar-refractivity contribution in [1.29, 1.82) is 0 Å². The molecule has 0 saturated carbocycles. The van der Waals surface area contributed by atoms with Crippen molar-refractivity contribution in [2.75, 3.05) is 4.90 Å². The zero-order chi connectivity index (χ0) is 23.5. The Labute approximate surface area is 194 Å². The fraction of sp³-hybridized carbons (Fsp3) is 0.250. The molecule has 33 heavy (non-hydrogen) atoms. The van der Waals surface area contributed by atoms with E-state index in [1.54, 1.807) is 23.1 Å². The number of carbonyl (C=O) groups excluding carboxylic acids is 3. The van der Waals surface area contributed by atoms with E-state index in [4.69, 9.17) is 0 Å². The van der Waals surface area contributed by atoms with Crippen molar-refractivity contribution in [3.63, 3.8) is 0 Å². The molecule has 1 heterocycles. The van der Waals surface area contributed by atoms with Gasteiger partial charge in [0.05, 0.1) is 12.1 Å². The van der Waals surface area contributed by atoms with Crippen molar-refractivity contribution in [3.05, 3.63) is 101 Å². The molecule has 1 fully saturated rings. The first-order valence-corrected chi connectivity index (χ1v) is 11.2. The SMILES string of the molecule is Cc1ccccc1C(=O)N(Cc1ccccc1)C1CC(=O)N(c2ccc(C(C)C)cc2)C1=O. The predicted octanol–water partition coefficient (Wildman–Crippen LogP) is 5.09. The van der Waals surface area contributed by atoms with Gasteiger partial charge in [-0.3, -0.25) is 14.4 Å². The highest BCUT2D eigenvalue weighted by molar-refractivity contribution is 6.23. The van der Waals surface area contributed by atoms with Gasteiger partial charge in [0, 0.05) is 12.1 Å². The third-order valence-electron chi connectivity index (χ3n) is 6.15. The summed E-state index contributed by atoms with van der Waals surface area (Å²) in [6.07, 6.45) is -0.0325. The van der Waals surface area contributed by atoms with Crippen LogP contribution in [0.3, 0.4) is 0 Å². The first-order chi connectivity index (χ1) is 15.9. The molecule has 4 rings (SSSR count). The highest BCUT2D eigenvalue weighted by Gasteiger charge is 2.44. The quantitative estimate of drug-likeness (QED) is 0.502. The second kappa shape index (κ2) is 9.41. The van der Waals surface area contributed by atoms with Gasteiger partial charge < -0.3 is 4.90 Å². The average molecular weight is 441 g/mol. The van der Waals surface area contributed by atoms with E-state index in [0.29, 0.717) is 17.2 Å². The maximum absolute atomic E-state index is 13.6. The normalized spacial score (nSPS) is 15.9. The molecule has 1 atom stereocenters. The lowest BCUT2D eigenvalue weighted by atomic mass is 10.0. The summed E-state index contributed by atoms with van der Waals surface area (Å²) >= 11 is 0. The van der Waals surface area contributed by atoms with Gasteiger partial charge >= 0.3 is 0 Å². The number of imide groups is 1. The van der Waals surface area contributed by atoms with Gasteiger partial charge in [0.25, 0.3) is 11.8 Å². The van der Waals surface area contributed by atoms with E-state index in [0.717, 1.165) is 16.7 Å². The van der Waals surface area contributed by atoms with Crippen molar-refractivity contribution in [2.24, 2.45) is 0 Å². The van der Waals surface area contributed by atoms with E-state index >= 15 is 0 Å². The van der Waals surface area contributed by atoms with Crippen molar-refractivity contribution >= 4 is 23.4 Å². The van der Waals surface area contributed by atoms with Crippen LogP contribution >= 0.6 is 0 Å². The zero-order valence-corrected chi connectivity index (χ0v) is 19.2. The summed E-state index contributed by atoms with van der Waals surface area (Å²) in [5.74, 6) is -0.557. The Morgan fingerprint density at radius 1 is 0.939 bits per heavy atom. The van der Waals surface area contributed by atoms with Crippen molar-refractivity contribution in [2.45, 2.75) is 45.7 Å². The Balaban J connectivity index is 1.68. The van der Waals surface area contributed by atoms with Crippen LogP contribution < -0.4 is 4.90 Å². The Morgan fingerprint density at radius 2 is 1.58 bits per heavy atom. The minimum absolute atomic E-state index is 0.0325. The van der Waals surface area contributed by atoms with E-state index in [2.05, 4.69) is 13.8 Å². The fourth-order valence-corrected chi connectivity index (χ4v) is 4.21. The Hall–Kier alpha value is -3.73. The Bertz CT molecular complexity index is 1170. The van der Waals surface area contributed by atoms with Gasteiger partial charge in [0.1, 0.15) is 6.04 Å². The van der Waals surface area contributed by atoms with Crippen LogP contribution in [0.5, 0.6) is 0 Å². The molecule has 0 radical (unpaired) electrons. The highest BCUT2D eigenvalue weighted by atomic mass is 16.2. The van der Waals surface area contributed by atoms with Crippen LogP contribution in [-0.4, -0.2) is 28.7 Å². The first-order valence-electron chi connectivity index (χ1n) is 11.2. The van der Waals surface area contributed by atoms with Crippen LogP contribution in [0.1, 0.15) is 53.2 Å². The fourth-order valence-electron chi connectivity index (χ4n) is 4.21. The maximum Gasteiger partial charge on any atom is 0.257 e. The minimum atomic E-state index is -0.852. The van der Waals surface area contributed by atoms with E-state index in [1.165, 1.54) is 4.90 Å². The van der Waals surface area contributed by atoms with Gasteiger partial charge in [0.15, 0.2) is 0 Å². The molecule has 1 saturated heterocycles. The zero-order valence-electron chi connectivity index (χ0n) is 19.2. The number of hydrogen-bond donors (Lipinski definition) is 0. The number of aryl methyl sites for hydroxylation is 1. The molecule has 3 aromatic carbocycles. The number of hydrogen-bond acceptors (Lipinski definition) is 3. The summed E-state index contributed by atoms with van der Waals surface area (Å²) in [5.41, 5.74) is 3.95. The van der Waals surface area contributed by atoms with E-state index in [9.17, 15) is 14.4 Å². The molecule has 0 aromatic heterocycles. The molecule has 1 aliphatic heterocycles. The van der Waals surface area contributed by atoms with Crippen molar-refractivity contribution < 1.29 is 14.4 Å². The van der Waals surface area contributed by atoms with Crippen molar-refractivity contribution in [3.8, 4) is 0 Å². The number of carbonyl (C=O) groups is 3. The molecule has 1 unspecified atom stereocenters. The molecule has 5 nitrogen and oxygen atoms in total. The molecule has 0 bridgehead atoms. The summed E-state index contributed by atoms with van der Waals surface area (Å²) in [4.78, 5) is 42.8. The molecule has 1 aliphatic rings. The molecule has 3 amide bonds. The number of nitrogens with zero attached hydrogens (tertiary/aromatic N) is 2. The smallest absolute Gasteiger partial charge is 0.257 e. The van der Waals surface area contributed by atoms with Crippen LogP contribution in [0.25, 0.3) is 0 Å². The summed E-state index contributed by atoms with van der Waals surface area (Å²) in [5, 5.41) is 0. The minimum Gasteiger partial charge on any atom is -0.322 e. The lowest BCUT2D eigenvalue weighted by Crippen LogP contribution is -2.45. The molecule has 3 aromatic rings. The van der Waals surface area contributed by atoms with Crippen LogP contribution in [0.4, 0.5) is 5.69 Å². The molecule has 0 N–H and O–H groups in total. The molecule has 168 valence electrons. The van der Waals surface area contributed by atoms with Gasteiger partial charge in [-0.15, -0.1) is 0 Å². The molecule has 5 heteroatoms. The second-order valence-electron chi connectivity index (χ2n) is 8.77. The molecule has 0 spiro atoms. The molecule has 0 aliphatic carbocycles. The number of amides is 3. The van der Waals surface area contributed by atoms with E-state index in [-0.39, 0.29) is 30.7 Å². The first kappa shape index (κ1) is 22.5. The van der Waals surface area contributed by atoms with Crippen molar-refractivity contribution in [1.82, 2.24) is 4.90 Å². The van der Waals surface area contributed by atoms with E-state index < -0.39 is 6.04 Å².